The van der Waals surface area contributed by atoms with Gasteiger partial charge < -0.3 is 10.2 Å². The highest BCUT2D eigenvalue weighted by molar-refractivity contribution is 6.42. The molecule has 0 aromatic heterocycles. The third-order valence-corrected chi connectivity index (χ3v) is 6.60. The van der Waals surface area contributed by atoms with Crippen LogP contribution < -0.4 is 10.2 Å². The molecule has 3 rings (SSSR count). The molecule has 0 fully saturated rings. The van der Waals surface area contributed by atoms with Crippen molar-refractivity contribution in [1.82, 2.24) is 0 Å². The second kappa shape index (κ2) is 8.34. The van der Waals surface area contributed by atoms with E-state index < -0.39 is 5.91 Å². The maximum atomic E-state index is 12.7. The van der Waals surface area contributed by atoms with Gasteiger partial charge in [-0.3, -0.25) is 4.79 Å². The van der Waals surface area contributed by atoms with Gasteiger partial charge in [-0.15, -0.1) is 0 Å². The number of hydrogen-bond acceptors (Lipinski definition) is 3. The van der Waals surface area contributed by atoms with E-state index in [1.807, 2.05) is 13.0 Å². The number of anilines is 2. The fourth-order valence-corrected chi connectivity index (χ4v) is 4.26. The van der Waals surface area contributed by atoms with Crippen LogP contribution in [0, 0.1) is 18.3 Å². The number of carbonyl (C=O) groups is 1. The first-order valence-corrected chi connectivity index (χ1v) is 10.6. The average Bonchev–Trinajstić information content (AvgIpc) is 2.67. The van der Waals surface area contributed by atoms with E-state index in [-0.39, 0.29) is 11.1 Å². The zero-order chi connectivity index (χ0) is 22.2. The largest absolute Gasteiger partial charge is 0.369 e. The first kappa shape index (κ1) is 22.2. The molecule has 1 aliphatic heterocycles. The molecule has 0 unspecified atom stereocenters. The van der Waals surface area contributed by atoms with Crippen LogP contribution in [0.2, 0.25) is 10.0 Å². The molecule has 4 nitrogen and oxygen atoms in total. The van der Waals surface area contributed by atoms with Crippen LogP contribution in [0.4, 0.5) is 11.4 Å². The Morgan fingerprint density at radius 3 is 2.60 bits per heavy atom. The second-order valence-corrected chi connectivity index (χ2v) is 9.31. The third-order valence-electron chi connectivity index (χ3n) is 5.86. The number of hydrogen-bond donors (Lipinski definition) is 1. The number of nitrogens with one attached hydrogen (secondary N) is 1. The molecule has 2 aromatic rings. The van der Waals surface area contributed by atoms with Gasteiger partial charge in [-0.05, 0) is 86.2 Å². The number of aryl methyl sites for hydroxylation is 1. The molecule has 0 spiro atoms. The van der Waals surface area contributed by atoms with Gasteiger partial charge in [0.2, 0.25) is 0 Å². The van der Waals surface area contributed by atoms with Gasteiger partial charge in [0, 0.05) is 24.0 Å². The summed E-state index contributed by atoms with van der Waals surface area (Å²) in [4.78, 5) is 15.0. The lowest BCUT2D eigenvalue weighted by Crippen LogP contribution is -2.45. The number of halogens is 2. The molecule has 30 heavy (non-hydrogen) atoms. The van der Waals surface area contributed by atoms with Crippen molar-refractivity contribution in [2.75, 3.05) is 17.3 Å². The molecule has 1 atom stereocenters. The number of rotatable bonds is 3. The standard InChI is InChI=1S/C24H25Cl2N3O/c1-14-8-22-19(15(2)12-24(3,4)29(22)5)10-16(14)9-17(13-27)23(30)28-18-6-7-20(25)21(26)11-18/h6-11,15H,12H2,1-5H3,(H,28,30)/b17-9-/t15-/m1/s1. The van der Waals surface area contributed by atoms with Gasteiger partial charge in [0.15, 0.2) is 0 Å². The van der Waals surface area contributed by atoms with Crippen molar-refractivity contribution in [3.8, 4) is 6.07 Å². The van der Waals surface area contributed by atoms with Crippen LogP contribution in [0.3, 0.4) is 0 Å². The molecule has 1 heterocycles. The van der Waals surface area contributed by atoms with Gasteiger partial charge in [0.25, 0.3) is 5.91 Å². The van der Waals surface area contributed by atoms with Crippen molar-refractivity contribution in [2.45, 2.75) is 45.6 Å². The third kappa shape index (κ3) is 4.33. The molecule has 2 aromatic carbocycles. The maximum absolute atomic E-state index is 12.7. The highest BCUT2D eigenvalue weighted by Crippen LogP contribution is 2.43. The number of fused-ring (bicyclic) bond motifs is 1. The minimum Gasteiger partial charge on any atom is -0.369 e. The zero-order valence-electron chi connectivity index (χ0n) is 17.8. The molecule has 6 heteroatoms. The zero-order valence-corrected chi connectivity index (χ0v) is 19.3. The lowest BCUT2D eigenvalue weighted by atomic mass is 9.79. The van der Waals surface area contributed by atoms with E-state index in [0.29, 0.717) is 21.7 Å². The summed E-state index contributed by atoms with van der Waals surface area (Å²) in [7, 11) is 2.12. The lowest BCUT2D eigenvalue weighted by Gasteiger charge is -2.45. The highest BCUT2D eigenvalue weighted by atomic mass is 35.5. The molecule has 0 radical (unpaired) electrons. The van der Waals surface area contributed by atoms with Gasteiger partial charge in [-0.2, -0.15) is 5.26 Å². The molecule has 156 valence electrons. The monoisotopic (exact) mass is 441 g/mol. The summed E-state index contributed by atoms with van der Waals surface area (Å²) in [6.07, 6.45) is 2.68. The van der Waals surface area contributed by atoms with Crippen LogP contribution in [0.25, 0.3) is 6.08 Å². The minimum absolute atomic E-state index is 0.0290. The molecule has 0 aliphatic carbocycles. The van der Waals surface area contributed by atoms with Crippen molar-refractivity contribution >= 4 is 46.6 Å². The van der Waals surface area contributed by atoms with Crippen molar-refractivity contribution < 1.29 is 4.79 Å². The second-order valence-electron chi connectivity index (χ2n) is 8.50. The van der Waals surface area contributed by atoms with Gasteiger partial charge >= 0.3 is 0 Å². The van der Waals surface area contributed by atoms with Crippen molar-refractivity contribution in [1.29, 1.82) is 5.26 Å². The molecular weight excluding hydrogens is 417 g/mol. The molecule has 1 amide bonds. The Morgan fingerprint density at radius 1 is 1.27 bits per heavy atom. The first-order chi connectivity index (χ1) is 14.0. The number of amides is 1. The van der Waals surface area contributed by atoms with Gasteiger partial charge in [0.05, 0.1) is 10.0 Å². The van der Waals surface area contributed by atoms with Crippen LogP contribution in [0.15, 0.2) is 35.9 Å². The lowest BCUT2D eigenvalue weighted by molar-refractivity contribution is -0.112. The maximum Gasteiger partial charge on any atom is 0.266 e. The summed E-state index contributed by atoms with van der Waals surface area (Å²) in [6, 6.07) is 11.1. The van der Waals surface area contributed by atoms with E-state index in [4.69, 9.17) is 23.2 Å². The molecule has 0 saturated carbocycles. The normalized spacial score (nSPS) is 17.9. The topological polar surface area (TPSA) is 56.1 Å². The van der Waals surface area contributed by atoms with Crippen LogP contribution in [0.1, 0.15) is 49.8 Å². The summed E-state index contributed by atoms with van der Waals surface area (Å²) >= 11 is 11.9. The molecular formula is C24H25Cl2N3O. The van der Waals surface area contributed by atoms with Crippen molar-refractivity contribution in [3.05, 3.63) is 62.6 Å². The van der Waals surface area contributed by atoms with E-state index in [0.717, 1.165) is 17.5 Å². The quantitative estimate of drug-likeness (QED) is 0.432. The van der Waals surface area contributed by atoms with Gasteiger partial charge in [0.1, 0.15) is 11.6 Å². The highest BCUT2D eigenvalue weighted by Gasteiger charge is 2.34. The summed E-state index contributed by atoms with van der Waals surface area (Å²) in [5.74, 6) is -0.103. The first-order valence-electron chi connectivity index (χ1n) is 9.80. The van der Waals surface area contributed by atoms with Crippen LogP contribution in [-0.2, 0) is 4.79 Å². The molecule has 0 bridgehead atoms. The number of nitrogens with zero attached hydrogens (tertiary/aromatic N) is 2. The molecule has 1 N–H and O–H groups in total. The Bertz CT molecular complexity index is 1080. The fraction of sp³-hybridized carbons (Fsp3) is 0.333. The Morgan fingerprint density at radius 2 is 1.97 bits per heavy atom. The summed E-state index contributed by atoms with van der Waals surface area (Å²) in [5, 5.41) is 13.0. The molecule has 0 saturated heterocycles. The Kier molecular flexibility index (Phi) is 6.17. The summed E-state index contributed by atoms with van der Waals surface area (Å²) < 4.78 is 0. The summed E-state index contributed by atoms with van der Waals surface area (Å²) in [6.45, 7) is 8.71. The van der Waals surface area contributed by atoms with E-state index in [1.54, 1.807) is 24.3 Å². The minimum atomic E-state index is -0.487. The Balaban J connectivity index is 1.94. The smallest absolute Gasteiger partial charge is 0.266 e. The Labute approximate surface area is 188 Å². The van der Waals surface area contributed by atoms with Gasteiger partial charge in [-0.1, -0.05) is 30.1 Å². The number of nitriles is 1. The average molecular weight is 442 g/mol. The van der Waals surface area contributed by atoms with Crippen LogP contribution in [-0.4, -0.2) is 18.5 Å². The summed E-state index contributed by atoms with van der Waals surface area (Å²) in [5.41, 5.74) is 4.91. The number of carbonyl (C=O) groups excluding carboxylic acids is 1. The van der Waals surface area contributed by atoms with Crippen molar-refractivity contribution in [2.24, 2.45) is 0 Å². The predicted molar refractivity (Wildman–Crippen MR) is 125 cm³/mol. The van der Waals surface area contributed by atoms with E-state index in [1.165, 1.54) is 11.3 Å². The van der Waals surface area contributed by atoms with E-state index >= 15 is 0 Å². The predicted octanol–water partition coefficient (Wildman–Crippen LogP) is 6.57. The molecule has 1 aliphatic rings. The van der Waals surface area contributed by atoms with E-state index in [2.05, 4.69) is 50.2 Å². The Hall–Kier alpha value is -2.48. The van der Waals surface area contributed by atoms with Crippen LogP contribution in [0.5, 0.6) is 0 Å². The van der Waals surface area contributed by atoms with Gasteiger partial charge in [-0.25, -0.2) is 0 Å². The number of benzene rings is 2. The SMILES string of the molecule is Cc1cc2c(cc1/C=C(/C#N)C(=O)Nc1ccc(Cl)c(Cl)c1)[C@H](C)CC(C)(C)N2C. The fourth-order valence-electron chi connectivity index (χ4n) is 3.97. The van der Waals surface area contributed by atoms with E-state index in [9.17, 15) is 10.1 Å². The van der Waals surface area contributed by atoms with Crippen LogP contribution >= 0.6 is 23.2 Å². The van der Waals surface area contributed by atoms with Crippen molar-refractivity contribution in [3.63, 3.8) is 0 Å².